The number of nitrogens with zero attached hydrogens (tertiary/aromatic N) is 2. The Kier molecular flexibility index (Phi) is 13.0. The minimum atomic E-state index is -0.618. The lowest BCUT2D eigenvalue weighted by Crippen LogP contribution is -2.58. The first kappa shape index (κ1) is 38.2. The van der Waals surface area contributed by atoms with Gasteiger partial charge in [0, 0.05) is 43.5 Å². The molecule has 270 valence electrons. The van der Waals surface area contributed by atoms with E-state index in [0.717, 1.165) is 42.5 Å². The Morgan fingerprint density at radius 3 is 1.92 bits per heavy atom. The Balaban J connectivity index is 1.46. The summed E-state index contributed by atoms with van der Waals surface area (Å²) in [4.78, 5) is 31.8. The number of hydrogen-bond donors (Lipinski definition) is 1. The summed E-state index contributed by atoms with van der Waals surface area (Å²) in [6.07, 6.45) is 2.73. The first-order valence-corrected chi connectivity index (χ1v) is 19.4. The Morgan fingerprint density at radius 2 is 1.39 bits per heavy atom. The molecule has 0 aromatic heterocycles. The van der Waals surface area contributed by atoms with Crippen molar-refractivity contribution in [2.75, 3.05) is 31.9 Å². The highest BCUT2D eigenvalue weighted by Gasteiger charge is 2.39. The topological polar surface area (TPSA) is 61.9 Å². The summed E-state index contributed by atoms with van der Waals surface area (Å²) >= 11 is 1.85. The zero-order valence-corrected chi connectivity index (χ0v) is 32.0. The molecular weight excluding hydrogens is 651 g/mol. The number of piperazine rings is 1. The molecule has 0 unspecified atom stereocenters. The maximum Gasteiger partial charge on any atom is 0.407 e. The molecule has 1 heterocycles. The second kappa shape index (κ2) is 17.4. The van der Waals surface area contributed by atoms with Crippen molar-refractivity contribution < 1.29 is 14.3 Å². The van der Waals surface area contributed by atoms with E-state index in [1.54, 1.807) is 0 Å². The van der Waals surface area contributed by atoms with E-state index >= 15 is 0 Å². The van der Waals surface area contributed by atoms with Crippen LogP contribution in [0.5, 0.6) is 0 Å². The second-order valence-electron chi connectivity index (χ2n) is 14.7. The van der Waals surface area contributed by atoms with E-state index in [9.17, 15) is 9.59 Å². The van der Waals surface area contributed by atoms with Crippen molar-refractivity contribution in [3.05, 3.63) is 143 Å². The number of alkyl carbamates (subject to hydrolysis) is 1. The Labute approximate surface area is 310 Å². The standard InChI is InChI=1S/C44H55N3O3S/c1-7-8-26-39-31-47(41(48)40-27-18-19-33(2)34(40)3)29-28-46(39)30-38(45-42(49)50-43(4,5)6)32-51-44(35-20-12-9-13-21-35,36-22-14-10-15-23-36)37-24-16-11-17-25-37/h9-25,27,38-39H,7-8,26,28-32H2,1-6H3,(H,45,49)/t38-,39+/m1/s1. The van der Waals surface area contributed by atoms with Gasteiger partial charge in [-0.05, 0) is 74.9 Å². The fourth-order valence-corrected chi connectivity index (χ4v) is 8.62. The van der Waals surface area contributed by atoms with Crippen LogP contribution in [0.1, 0.15) is 85.1 Å². The molecule has 0 spiro atoms. The normalized spacial score (nSPS) is 16.0. The summed E-state index contributed by atoms with van der Waals surface area (Å²) in [5, 5.41) is 3.29. The van der Waals surface area contributed by atoms with Crippen LogP contribution in [0.3, 0.4) is 0 Å². The van der Waals surface area contributed by atoms with Crippen LogP contribution in [0, 0.1) is 13.8 Å². The highest BCUT2D eigenvalue weighted by Crippen LogP contribution is 2.48. The lowest BCUT2D eigenvalue weighted by Gasteiger charge is -2.43. The molecule has 1 N–H and O–H groups in total. The van der Waals surface area contributed by atoms with Crippen molar-refractivity contribution in [1.82, 2.24) is 15.1 Å². The van der Waals surface area contributed by atoms with Crippen molar-refractivity contribution in [3.8, 4) is 0 Å². The van der Waals surface area contributed by atoms with Crippen LogP contribution in [0.25, 0.3) is 0 Å². The molecule has 51 heavy (non-hydrogen) atoms. The predicted molar refractivity (Wildman–Crippen MR) is 212 cm³/mol. The van der Waals surface area contributed by atoms with Gasteiger partial charge in [-0.3, -0.25) is 9.69 Å². The Morgan fingerprint density at radius 1 is 0.824 bits per heavy atom. The quantitative estimate of drug-likeness (QED) is 0.141. The first-order chi connectivity index (χ1) is 24.5. The van der Waals surface area contributed by atoms with Gasteiger partial charge in [-0.1, -0.05) is 123 Å². The molecule has 2 amide bonds. The zero-order chi connectivity index (χ0) is 36.4. The number of aryl methyl sites for hydroxylation is 1. The number of rotatable bonds is 13. The van der Waals surface area contributed by atoms with Gasteiger partial charge in [-0.25, -0.2) is 4.79 Å². The molecule has 0 radical (unpaired) electrons. The average Bonchev–Trinajstić information content (AvgIpc) is 3.13. The zero-order valence-electron chi connectivity index (χ0n) is 31.2. The molecule has 2 atom stereocenters. The molecule has 0 bridgehead atoms. The third kappa shape index (κ3) is 9.63. The SMILES string of the molecule is CCCC[C@H]1CN(C(=O)c2cccc(C)c2C)CCN1C[C@H](CSC(c1ccccc1)(c1ccccc1)c1ccccc1)NC(=O)OC(C)(C)C. The summed E-state index contributed by atoms with van der Waals surface area (Å²) in [6.45, 7) is 14.7. The van der Waals surface area contributed by atoms with Crippen LogP contribution < -0.4 is 5.32 Å². The van der Waals surface area contributed by atoms with Crippen LogP contribution in [0.2, 0.25) is 0 Å². The Bertz CT molecular complexity index is 1610. The van der Waals surface area contributed by atoms with E-state index in [0.29, 0.717) is 25.4 Å². The molecule has 4 aromatic rings. The average molecular weight is 706 g/mol. The number of ether oxygens (including phenoxy) is 1. The second-order valence-corrected chi connectivity index (χ2v) is 16.0. The number of amides is 2. The number of hydrogen-bond acceptors (Lipinski definition) is 5. The van der Waals surface area contributed by atoms with Gasteiger partial charge in [0.2, 0.25) is 0 Å². The lowest BCUT2D eigenvalue weighted by atomic mass is 9.84. The molecule has 1 aliphatic heterocycles. The highest BCUT2D eigenvalue weighted by atomic mass is 32.2. The third-order valence-electron chi connectivity index (χ3n) is 9.84. The van der Waals surface area contributed by atoms with Gasteiger partial charge in [0.25, 0.3) is 5.91 Å². The summed E-state index contributed by atoms with van der Waals surface area (Å²) in [5.41, 5.74) is 5.90. The van der Waals surface area contributed by atoms with E-state index in [2.05, 4.69) is 121 Å². The van der Waals surface area contributed by atoms with E-state index in [1.165, 1.54) is 16.7 Å². The van der Waals surface area contributed by atoms with Crippen molar-refractivity contribution in [2.24, 2.45) is 0 Å². The van der Waals surface area contributed by atoms with Gasteiger partial charge in [0.1, 0.15) is 5.60 Å². The highest BCUT2D eigenvalue weighted by molar-refractivity contribution is 8.00. The summed E-state index contributed by atoms with van der Waals surface area (Å²) in [5.74, 6) is 0.745. The molecule has 5 rings (SSSR count). The fourth-order valence-electron chi connectivity index (χ4n) is 7.08. The van der Waals surface area contributed by atoms with Crippen LogP contribution in [0.4, 0.5) is 4.79 Å². The van der Waals surface area contributed by atoms with Crippen molar-refractivity contribution in [1.29, 1.82) is 0 Å². The number of carbonyl (C=O) groups excluding carboxylic acids is 2. The summed E-state index contributed by atoms with van der Waals surface area (Å²) in [6, 6.07) is 38.0. The maximum atomic E-state index is 13.8. The monoisotopic (exact) mass is 705 g/mol. The van der Waals surface area contributed by atoms with E-state index < -0.39 is 16.4 Å². The molecule has 4 aromatic carbocycles. The van der Waals surface area contributed by atoms with Gasteiger partial charge < -0.3 is 15.0 Å². The number of nitrogens with one attached hydrogen (secondary N) is 1. The molecule has 1 aliphatic rings. The fraction of sp³-hybridized carbons (Fsp3) is 0.409. The molecule has 1 fully saturated rings. The van der Waals surface area contributed by atoms with Crippen molar-refractivity contribution >= 4 is 23.8 Å². The molecule has 0 saturated carbocycles. The molecule has 1 saturated heterocycles. The molecule has 6 nitrogen and oxygen atoms in total. The van der Waals surface area contributed by atoms with E-state index in [1.807, 2.05) is 56.5 Å². The minimum Gasteiger partial charge on any atom is -0.444 e. The van der Waals surface area contributed by atoms with Gasteiger partial charge in [0.05, 0.1) is 10.8 Å². The van der Waals surface area contributed by atoms with Crippen LogP contribution in [-0.4, -0.2) is 71.4 Å². The van der Waals surface area contributed by atoms with Gasteiger partial charge >= 0.3 is 6.09 Å². The lowest BCUT2D eigenvalue weighted by molar-refractivity contribution is 0.0384. The smallest absolute Gasteiger partial charge is 0.407 e. The Hall–Kier alpha value is -4.07. The van der Waals surface area contributed by atoms with Crippen molar-refractivity contribution in [2.45, 2.75) is 83.2 Å². The first-order valence-electron chi connectivity index (χ1n) is 18.4. The van der Waals surface area contributed by atoms with E-state index in [-0.39, 0.29) is 18.0 Å². The summed E-state index contributed by atoms with van der Waals surface area (Å²) < 4.78 is 5.30. The van der Waals surface area contributed by atoms with Gasteiger partial charge in [0.15, 0.2) is 0 Å². The third-order valence-corrected chi connectivity index (χ3v) is 11.5. The molecule has 0 aliphatic carbocycles. The number of thioether (sulfide) groups is 1. The minimum absolute atomic E-state index is 0.106. The maximum absolute atomic E-state index is 13.8. The van der Waals surface area contributed by atoms with Crippen LogP contribution in [0.15, 0.2) is 109 Å². The predicted octanol–water partition coefficient (Wildman–Crippen LogP) is 9.24. The largest absolute Gasteiger partial charge is 0.444 e. The number of unbranched alkanes of at least 4 members (excludes halogenated alkanes) is 1. The van der Waals surface area contributed by atoms with Crippen LogP contribution >= 0.6 is 11.8 Å². The summed E-state index contributed by atoms with van der Waals surface area (Å²) in [7, 11) is 0. The van der Waals surface area contributed by atoms with Crippen molar-refractivity contribution in [3.63, 3.8) is 0 Å². The number of carbonyl (C=O) groups is 2. The number of benzene rings is 4. The molecule has 7 heteroatoms. The van der Waals surface area contributed by atoms with Crippen LogP contribution in [-0.2, 0) is 9.48 Å². The van der Waals surface area contributed by atoms with Gasteiger partial charge in [-0.15, -0.1) is 11.8 Å². The van der Waals surface area contributed by atoms with Gasteiger partial charge in [-0.2, -0.15) is 0 Å². The van der Waals surface area contributed by atoms with E-state index in [4.69, 9.17) is 4.74 Å². The molecular formula is C44H55N3O3S.